The number of thiophene rings is 1. The summed E-state index contributed by atoms with van der Waals surface area (Å²) in [4.78, 5) is 38.5. The first-order valence-electron chi connectivity index (χ1n) is 9.76. The second kappa shape index (κ2) is 8.70. The molecule has 0 N–H and O–H groups in total. The van der Waals surface area contributed by atoms with Crippen molar-refractivity contribution in [1.29, 1.82) is 0 Å². The molecule has 4 aromatic rings. The Balaban J connectivity index is 1.64. The van der Waals surface area contributed by atoms with Crippen molar-refractivity contribution in [2.45, 2.75) is 19.3 Å². The quantitative estimate of drug-likeness (QED) is 0.407. The number of ether oxygens (including phenoxy) is 1. The van der Waals surface area contributed by atoms with Crippen LogP contribution in [0.4, 0.5) is 13.2 Å². The molecular weight excluding hydrogens is 457 g/mol. The molecule has 2 aromatic carbocycles. The average molecular weight is 474 g/mol. The van der Waals surface area contributed by atoms with Crippen molar-refractivity contribution >= 4 is 27.5 Å². The van der Waals surface area contributed by atoms with Gasteiger partial charge in [-0.25, -0.2) is 9.59 Å². The Morgan fingerprint density at radius 2 is 1.70 bits per heavy atom. The fraction of sp³-hybridized carbons (Fsp3) is 0.174. The van der Waals surface area contributed by atoms with Crippen LogP contribution in [0.15, 0.2) is 70.3 Å². The fourth-order valence-corrected chi connectivity index (χ4v) is 4.43. The zero-order chi connectivity index (χ0) is 23.8. The van der Waals surface area contributed by atoms with Crippen LogP contribution in [0.1, 0.15) is 26.4 Å². The number of fused-ring (bicyclic) bond motifs is 1. The predicted octanol–water partition coefficient (Wildman–Crippen LogP) is 4.19. The van der Waals surface area contributed by atoms with Gasteiger partial charge in [0.15, 0.2) is 0 Å². The summed E-state index contributed by atoms with van der Waals surface area (Å²) in [7, 11) is 1.48. The van der Waals surface area contributed by atoms with E-state index >= 15 is 0 Å². The number of nitrogens with zero attached hydrogens (tertiary/aromatic N) is 2. The molecule has 0 saturated carbocycles. The first-order valence-corrected chi connectivity index (χ1v) is 10.6. The van der Waals surface area contributed by atoms with Gasteiger partial charge in [-0.1, -0.05) is 48.5 Å². The molecule has 6 nitrogen and oxygen atoms in total. The Kier molecular flexibility index (Phi) is 5.94. The van der Waals surface area contributed by atoms with Crippen LogP contribution in [0.3, 0.4) is 0 Å². The van der Waals surface area contributed by atoms with Crippen LogP contribution in [-0.2, 0) is 31.1 Å². The molecule has 10 heteroatoms. The van der Waals surface area contributed by atoms with Crippen LogP contribution in [0.2, 0.25) is 0 Å². The summed E-state index contributed by atoms with van der Waals surface area (Å²) in [5.74, 6) is -0.880. The van der Waals surface area contributed by atoms with Gasteiger partial charge in [-0.05, 0) is 17.7 Å². The first kappa shape index (κ1) is 22.5. The number of aromatic nitrogens is 2. The van der Waals surface area contributed by atoms with E-state index in [9.17, 15) is 27.6 Å². The maximum absolute atomic E-state index is 13.1. The SMILES string of the molecule is Cn1c(=O)n(Cc2ccccc2)c(=O)c2cc(C(=O)OCc3ccccc3C(F)(F)F)sc21. The molecule has 0 aliphatic carbocycles. The number of rotatable bonds is 5. The van der Waals surface area contributed by atoms with E-state index in [1.807, 2.05) is 6.07 Å². The number of aryl methyl sites for hydroxylation is 1. The van der Waals surface area contributed by atoms with E-state index in [0.717, 1.165) is 27.5 Å². The largest absolute Gasteiger partial charge is 0.457 e. The summed E-state index contributed by atoms with van der Waals surface area (Å²) in [6.45, 7) is -0.522. The molecule has 0 aliphatic rings. The van der Waals surface area contributed by atoms with Crippen molar-refractivity contribution < 1.29 is 22.7 Å². The number of halogens is 3. The highest BCUT2D eigenvalue weighted by molar-refractivity contribution is 7.20. The van der Waals surface area contributed by atoms with E-state index in [4.69, 9.17) is 4.74 Å². The molecule has 0 spiro atoms. The highest BCUT2D eigenvalue weighted by atomic mass is 32.1. The Labute approximate surface area is 189 Å². The van der Waals surface area contributed by atoms with Gasteiger partial charge in [0.2, 0.25) is 0 Å². The molecule has 33 heavy (non-hydrogen) atoms. The number of benzene rings is 2. The van der Waals surface area contributed by atoms with E-state index in [2.05, 4.69) is 0 Å². The topological polar surface area (TPSA) is 70.3 Å². The molecule has 0 aliphatic heterocycles. The number of carbonyl (C=O) groups is 1. The summed E-state index contributed by atoms with van der Waals surface area (Å²) in [6, 6.07) is 15.1. The lowest BCUT2D eigenvalue weighted by atomic mass is 10.1. The molecule has 0 amide bonds. The fourth-order valence-electron chi connectivity index (χ4n) is 3.43. The highest BCUT2D eigenvalue weighted by Crippen LogP contribution is 2.32. The van der Waals surface area contributed by atoms with Crippen LogP contribution in [-0.4, -0.2) is 15.1 Å². The van der Waals surface area contributed by atoms with E-state index < -0.39 is 35.6 Å². The van der Waals surface area contributed by atoms with Gasteiger partial charge in [-0.3, -0.25) is 13.9 Å². The average Bonchev–Trinajstić information content (AvgIpc) is 3.25. The standard InChI is InChI=1S/C23H17F3N2O4S/c1-27-20-16(19(29)28(22(27)31)12-14-7-3-2-4-8-14)11-18(33-20)21(30)32-13-15-9-5-6-10-17(15)23(24,25)26/h2-11H,12-13H2,1H3. The lowest BCUT2D eigenvalue weighted by molar-refractivity contribution is -0.138. The zero-order valence-electron chi connectivity index (χ0n) is 17.3. The van der Waals surface area contributed by atoms with Crippen molar-refractivity contribution in [3.63, 3.8) is 0 Å². The number of hydrogen-bond acceptors (Lipinski definition) is 5. The van der Waals surface area contributed by atoms with E-state index in [0.29, 0.717) is 0 Å². The van der Waals surface area contributed by atoms with Crippen LogP contribution in [0.25, 0.3) is 10.2 Å². The Morgan fingerprint density at radius 3 is 2.39 bits per heavy atom. The molecule has 170 valence electrons. The van der Waals surface area contributed by atoms with Gasteiger partial charge in [0.25, 0.3) is 5.56 Å². The van der Waals surface area contributed by atoms with Gasteiger partial charge in [0, 0.05) is 12.6 Å². The first-order chi connectivity index (χ1) is 15.7. The lowest BCUT2D eigenvalue weighted by Gasteiger charge is -2.12. The third-order valence-electron chi connectivity index (χ3n) is 5.08. The third kappa shape index (κ3) is 4.47. The van der Waals surface area contributed by atoms with E-state index in [1.165, 1.54) is 35.9 Å². The van der Waals surface area contributed by atoms with E-state index in [-0.39, 0.29) is 27.2 Å². The smallest absolute Gasteiger partial charge is 0.416 e. The molecule has 0 atom stereocenters. The number of alkyl halides is 3. The van der Waals surface area contributed by atoms with Gasteiger partial charge in [-0.15, -0.1) is 11.3 Å². The second-order valence-corrected chi connectivity index (χ2v) is 8.31. The van der Waals surface area contributed by atoms with Crippen LogP contribution in [0.5, 0.6) is 0 Å². The molecule has 2 aromatic heterocycles. The Bertz CT molecular complexity index is 1450. The number of hydrogen-bond donors (Lipinski definition) is 0. The summed E-state index contributed by atoms with van der Waals surface area (Å²) in [6.07, 6.45) is -4.58. The maximum Gasteiger partial charge on any atom is 0.416 e. The summed E-state index contributed by atoms with van der Waals surface area (Å²) < 4.78 is 46.9. The molecule has 0 saturated heterocycles. The molecular formula is C23H17F3N2O4S. The molecule has 0 fully saturated rings. The van der Waals surface area contributed by atoms with Gasteiger partial charge in [0.1, 0.15) is 16.3 Å². The number of esters is 1. The van der Waals surface area contributed by atoms with Gasteiger partial charge >= 0.3 is 17.8 Å². The minimum Gasteiger partial charge on any atom is -0.457 e. The van der Waals surface area contributed by atoms with Crippen molar-refractivity contribution in [3.05, 3.63) is 103 Å². The molecule has 0 bridgehead atoms. The molecule has 2 heterocycles. The van der Waals surface area contributed by atoms with Crippen molar-refractivity contribution in [1.82, 2.24) is 9.13 Å². The molecule has 4 rings (SSSR count). The molecule has 0 radical (unpaired) electrons. The summed E-state index contributed by atoms with van der Waals surface area (Å²) in [5, 5.41) is 0.153. The second-order valence-electron chi connectivity index (χ2n) is 7.28. The summed E-state index contributed by atoms with van der Waals surface area (Å²) in [5.41, 5.74) is -1.42. The lowest BCUT2D eigenvalue weighted by Crippen LogP contribution is -2.38. The van der Waals surface area contributed by atoms with Crippen LogP contribution >= 0.6 is 11.3 Å². The minimum atomic E-state index is -4.58. The maximum atomic E-state index is 13.1. The number of carbonyl (C=O) groups excluding carboxylic acids is 1. The minimum absolute atomic E-state index is 0.0130. The van der Waals surface area contributed by atoms with Crippen LogP contribution in [0, 0.1) is 0 Å². The van der Waals surface area contributed by atoms with Crippen molar-refractivity contribution in [2.75, 3.05) is 0 Å². The van der Waals surface area contributed by atoms with Crippen molar-refractivity contribution in [3.8, 4) is 0 Å². The monoisotopic (exact) mass is 474 g/mol. The van der Waals surface area contributed by atoms with Crippen LogP contribution < -0.4 is 11.2 Å². The Morgan fingerprint density at radius 1 is 1.03 bits per heavy atom. The predicted molar refractivity (Wildman–Crippen MR) is 117 cm³/mol. The zero-order valence-corrected chi connectivity index (χ0v) is 18.1. The van der Waals surface area contributed by atoms with Gasteiger partial charge in [-0.2, -0.15) is 13.2 Å². The Hall–Kier alpha value is -3.66. The van der Waals surface area contributed by atoms with E-state index in [1.54, 1.807) is 24.3 Å². The third-order valence-corrected chi connectivity index (χ3v) is 6.27. The summed E-state index contributed by atoms with van der Waals surface area (Å²) >= 11 is 0.873. The normalized spacial score (nSPS) is 11.6. The van der Waals surface area contributed by atoms with Gasteiger partial charge in [0.05, 0.1) is 17.5 Å². The van der Waals surface area contributed by atoms with Crippen molar-refractivity contribution in [2.24, 2.45) is 7.05 Å². The highest BCUT2D eigenvalue weighted by Gasteiger charge is 2.33. The van der Waals surface area contributed by atoms with Gasteiger partial charge < -0.3 is 4.74 Å². The molecule has 0 unspecified atom stereocenters.